The first kappa shape index (κ1) is 14.7. The third-order valence-electron chi connectivity index (χ3n) is 3.83. The number of hydrogen-bond donors (Lipinski definition) is 1. The van der Waals surface area contributed by atoms with E-state index in [0.717, 1.165) is 0 Å². The molecule has 1 aromatic carbocycles. The lowest BCUT2D eigenvalue weighted by Crippen LogP contribution is -2.44. The van der Waals surface area contributed by atoms with E-state index in [0.29, 0.717) is 49.3 Å². The molecule has 1 aromatic heterocycles. The van der Waals surface area contributed by atoms with Gasteiger partial charge < -0.3 is 14.6 Å². The highest BCUT2D eigenvalue weighted by molar-refractivity contribution is 5.78. The van der Waals surface area contributed by atoms with Crippen molar-refractivity contribution in [2.45, 2.75) is 25.9 Å². The second-order valence-electron chi connectivity index (χ2n) is 5.55. The minimum Gasteiger partial charge on any atom is -0.375 e. The van der Waals surface area contributed by atoms with Gasteiger partial charge in [0.1, 0.15) is 5.82 Å². The Morgan fingerprint density at radius 3 is 3.09 bits per heavy atom. The number of carbonyl (C=O) groups excluding carboxylic acids is 1. The molecule has 1 aliphatic heterocycles. The van der Waals surface area contributed by atoms with Gasteiger partial charge in [0, 0.05) is 25.9 Å². The maximum atomic E-state index is 12.2. The van der Waals surface area contributed by atoms with E-state index >= 15 is 0 Å². The number of ether oxygens (including phenoxy) is 1. The van der Waals surface area contributed by atoms with Gasteiger partial charge in [0.15, 0.2) is 0 Å². The van der Waals surface area contributed by atoms with E-state index in [1.165, 1.54) is 0 Å². The number of H-pyrrole nitrogens is 1. The number of aryl methyl sites for hydroxylation is 1. The van der Waals surface area contributed by atoms with Crippen LogP contribution < -0.4 is 5.56 Å². The number of nitrogens with one attached hydrogen (secondary N) is 1. The SMILES string of the molecule is C[C@H]1CN(C(=O)CCc2nc3ccccc3c(=O)[nH]2)CCO1. The van der Waals surface area contributed by atoms with Crippen molar-refractivity contribution in [3.63, 3.8) is 0 Å². The number of benzene rings is 1. The Hall–Kier alpha value is -2.21. The molecule has 6 heteroatoms. The van der Waals surface area contributed by atoms with Gasteiger partial charge in [-0.25, -0.2) is 4.98 Å². The maximum Gasteiger partial charge on any atom is 0.258 e. The lowest BCUT2D eigenvalue weighted by Gasteiger charge is -2.31. The molecular formula is C16H19N3O3. The molecule has 1 aliphatic rings. The number of nitrogens with zero attached hydrogens (tertiary/aromatic N) is 2. The van der Waals surface area contributed by atoms with Crippen LogP contribution in [0.2, 0.25) is 0 Å². The van der Waals surface area contributed by atoms with Gasteiger partial charge in [-0.15, -0.1) is 0 Å². The van der Waals surface area contributed by atoms with Gasteiger partial charge in [0.05, 0.1) is 23.6 Å². The van der Waals surface area contributed by atoms with E-state index in [-0.39, 0.29) is 17.6 Å². The van der Waals surface area contributed by atoms with E-state index in [1.807, 2.05) is 24.0 Å². The molecular weight excluding hydrogens is 282 g/mol. The second-order valence-corrected chi connectivity index (χ2v) is 5.55. The summed E-state index contributed by atoms with van der Waals surface area (Å²) in [6.07, 6.45) is 0.856. The highest BCUT2D eigenvalue weighted by Crippen LogP contribution is 2.09. The number of aromatic amines is 1. The van der Waals surface area contributed by atoms with Crippen LogP contribution in [0.5, 0.6) is 0 Å². The average Bonchev–Trinajstić information content (AvgIpc) is 2.53. The predicted molar refractivity (Wildman–Crippen MR) is 82.7 cm³/mol. The van der Waals surface area contributed by atoms with Crippen molar-refractivity contribution in [1.29, 1.82) is 0 Å². The van der Waals surface area contributed by atoms with E-state index in [1.54, 1.807) is 12.1 Å². The number of fused-ring (bicyclic) bond motifs is 1. The lowest BCUT2D eigenvalue weighted by molar-refractivity contribution is -0.138. The number of morpholine rings is 1. The summed E-state index contributed by atoms with van der Waals surface area (Å²) in [6, 6.07) is 7.20. The van der Waals surface area contributed by atoms with Crippen LogP contribution in [0.4, 0.5) is 0 Å². The molecule has 116 valence electrons. The van der Waals surface area contributed by atoms with Crippen LogP contribution in [0.3, 0.4) is 0 Å². The normalized spacial score (nSPS) is 18.6. The summed E-state index contributed by atoms with van der Waals surface area (Å²) < 4.78 is 5.43. The van der Waals surface area contributed by atoms with Crippen LogP contribution in [0.25, 0.3) is 10.9 Å². The molecule has 0 aliphatic carbocycles. The Labute approximate surface area is 128 Å². The van der Waals surface area contributed by atoms with Crippen molar-refractivity contribution in [1.82, 2.24) is 14.9 Å². The molecule has 6 nitrogen and oxygen atoms in total. The Balaban J connectivity index is 1.68. The molecule has 0 saturated carbocycles. The van der Waals surface area contributed by atoms with Gasteiger partial charge in [-0.2, -0.15) is 0 Å². The number of amides is 1. The van der Waals surface area contributed by atoms with Gasteiger partial charge >= 0.3 is 0 Å². The summed E-state index contributed by atoms with van der Waals surface area (Å²) >= 11 is 0. The smallest absolute Gasteiger partial charge is 0.258 e. The second kappa shape index (κ2) is 6.27. The summed E-state index contributed by atoms with van der Waals surface area (Å²) in [5, 5.41) is 0.569. The first-order chi connectivity index (χ1) is 10.6. The summed E-state index contributed by atoms with van der Waals surface area (Å²) in [4.78, 5) is 33.2. The summed E-state index contributed by atoms with van der Waals surface area (Å²) in [6.45, 7) is 3.80. The van der Waals surface area contributed by atoms with E-state index in [9.17, 15) is 9.59 Å². The van der Waals surface area contributed by atoms with Crippen LogP contribution in [-0.2, 0) is 16.0 Å². The zero-order valence-electron chi connectivity index (χ0n) is 12.5. The van der Waals surface area contributed by atoms with Crippen molar-refractivity contribution < 1.29 is 9.53 Å². The molecule has 22 heavy (non-hydrogen) atoms. The largest absolute Gasteiger partial charge is 0.375 e. The Kier molecular flexibility index (Phi) is 4.20. The quantitative estimate of drug-likeness (QED) is 0.921. The number of para-hydroxylation sites is 1. The van der Waals surface area contributed by atoms with E-state index in [4.69, 9.17) is 4.74 Å². The third kappa shape index (κ3) is 3.17. The minimum absolute atomic E-state index is 0.0750. The van der Waals surface area contributed by atoms with Crippen LogP contribution in [0, 0.1) is 0 Å². The molecule has 1 N–H and O–H groups in total. The van der Waals surface area contributed by atoms with Crippen LogP contribution in [0.1, 0.15) is 19.2 Å². The molecule has 0 radical (unpaired) electrons. The molecule has 0 bridgehead atoms. The standard InChI is InChI=1S/C16H19N3O3/c1-11-10-19(8-9-22-11)15(20)7-6-14-17-13-5-3-2-4-12(13)16(21)18-14/h2-5,11H,6-10H2,1H3,(H,17,18,21)/t11-/m0/s1. The number of aromatic nitrogens is 2. The molecule has 2 aromatic rings. The molecule has 2 heterocycles. The fourth-order valence-electron chi connectivity index (χ4n) is 2.68. The van der Waals surface area contributed by atoms with Crippen LogP contribution in [0.15, 0.2) is 29.1 Å². The first-order valence-corrected chi connectivity index (χ1v) is 7.51. The molecule has 1 saturated heterocycles. The zero-order valence-corrected chi connectivity index (χ0v) is 12.5. The van der Waals surface area contributed by atoms with Crippen LogP contribution >= 0.6 is 0 Å². The minimum atomic E-state index is -0.159. The van der Waals surface area contributed by atoms with Crippen LogP contribution in [-0.4, -0.2) is 46.6 Å². The maximum absolute atomic E-state index is 12.2. The number of hydrogen-bond acceptors (Lipinski definition) is 4. The third-order valence-corrected chi connectivity index (χ3v) is 3.83. The Bertz CT molecular complexity index is 741. The monoisotopic (exact) mass is 301 g/mol. The fourth-order valence-corrected chi connectivity index (χ4v) is 2.68. The fraction of sp³-hybridized carbons (Fsp3) is 0.438. The lowest BCUT2D eigenvalue weighted by atomic mass is 10.2. The van der Waals surface area contributed by atoms with Gasteiger partial charge in [0.25, 0.3) is 5.56 Å². The van der Waals surface area contributed by atoms with Crippen molar-refractivity contribution in [3.8, 4) is 0 Å². The highest BCUT2D eigenvalue weighted by atomic mass is 16.5. The van der Waals surface area contributed by atoms with Crippen molar-refractivity contribution in [3.05, 3.63) is 40.4 Å². The Morgan fingerprint density at radius 2 is 2.27 bits per heavy atom. The van der Waals surface area contributed by atoms with Gasteiger partial charge in [-0.3, -0.25) is 9.59 Å². The summed E-state index contributed by atoms with van der Waals surface area (Å²) in [5.41, 5.74) is 0.502. The van der Waals surface area contributed by atoms with E-state index in [2.05, 4.69) is 9.97 Å². The van der Waals surface area contributed by atoms with Crippen molar-refractivity contribution in [2.24, 2.45) is 0 Å². The van der Waals surface area contributed by atoms with Crippen molar-refractivity contribution in [2.75, 3.05) is 19.7 Å². The summed E-state index contributed by atoms with van der Waals surface area (Å²) in [7, 11) is 0. The van der Waals surface area contributed by atoms with Gasteiger partial charge in [-0.1, -0.05) is 12.1 Å². The molecule has 1 fully saturated rings. The Morgan fingerprint density at radius 1 is 1.45 bits per heavy atom. The molecule has 0 unspecified atom stereocenters. The molecule has 3 rings (SSSR count). The van der Waals surface area contributed by atoms with E-state index < -0.39 is 0 Å². The molecule has 1 amide bonds. The molecule has 0 spiro atoms. The highest BCUT2D eigenvalue weighted by Gasteiger charge is 2.21. The van der Waals surface area contributed by atoms with Crippen molar-refractivity contribution >= 4 is 16.8 Å². The summed E-state index contributed by atoms with van der Waals surface area (Å²) in [5.74, 6) is 0.629. The predicted octanol–water partition coefficient (Wildman–Crippen LogP) is 1.10. The number of rotatable bonds is 3. The first-order valence-electron chi connectivity index (χ1n) is 7.51. The number of carbonyl (C=O) groups is 1. The van der Waals surface area contributed by atoms with Gasteiger partial charge in [-0.05, 0) is 19.1 Å². The zero-order chi connectivity index (χ0) is 15.5. The van der Waals surface area contributed by atoms with Gasteiger partial charge in [0.2, 0.25) is 5.91 Å². The molecule has 1 atom stereocenters. The average molecular weight is 301 g/mol. The topological polar surface area (TPSA) is 75.3 Å².